The summed E-state index contributed by atoms with van der Waals surface area (Å²) in [4.78, 5) is 24.2. The summed E-state index contributed by atoms with van der Waals surface area (Å²) < 4.78 is 27.3. The molecule has 2 aromatic carbocycles. The fourth-order valence-electron chi connectivity index (χ4n) is 2.95. The molecule has 0 saturated heterocycles. The van der Waals surface area contributed by atoms with Gasteiger partial charge in [0.05, 0.1) is 33.4 Å². The van der Waals surface area contributed by atoms with Gasteiger partial charge in [0.1, 0.15) is 5.82 Å². The fourth-order valence-corrected chi connectivity index (χ4v) is 4.01. The minimum atomic E-state index is -3.76. The van der Waals surface area contributed by atoms with Crippen LogP contribution in [0.15, 0.2) is 78.0 Å². The molecule has 0 bridgehead atoms. The molecule has 0 aliphatic heterocycles. The molecular formula is C21H19N5O3S. The maximum absolute atomic E-state index is 12.4. The Morgan fingerprint density at radius 3 is 2.57 bits per heavy atom. The molecule has 0 radical (unpaired) electrons. The number of hydrogen-bond donors (Lipinski definition) is 3. The molecule has 8 nitrogen and oxygen atoms in total. The number of aromatic amines is 1. The molecular weight excluding hydrogens is 402 g/mol. The van der Waals surface area contributed by atoms with Crippen LogP contribution in [0.5, 0.6) is 0 Å². The number of carbonyl (C=O) groups is 1. The van der Waals surface area contributed by atoms with Gasteiger partial charge in [-0.2, -0.15) is 0 Å². The minimum absolute atomic E-state index is 0.130. The molecule has 9 heteroatoms. The van der Waals surface area contributed by atoms with E-state index in [0.29, 0.717) is 13.0 Å². The molecule has 0 saturated carbocycles. The maximum atomic E-state index is 12.4. The normalized spacial score (nSPS) is 11.3. The zero-order chi connectivity index (χ0) is 21.0. The van der Waals surface area contributed by atoms with Crippen molar-refractivity contribution in [3.05, 3.63) is 84.4 Å². The maximum Gasteiger partial charge on any atom is 0.261 e. The highest BCUT2D eigenvalue weighted by Gasteiger charge is 2.15. The zero-order valence-electron chi connectivity index (χ0n) is 15.9. The molecule has 30 heavy (non-hydrogen) atoms. The van der Waals surface area contributed by atoms with E-state index in [9.17, 15) is 13.2 Å². The summed E-state index contributed by atoms with van der Waals surface area (Å²) in [5, 5.41) is 2.80. The average Bonchev–Trinajstić information content (AvgIpc) is 3.17. The Balaban J connectivity index is 1.38. The van der Waals surface area contributed by atoms with Crippen molar-refractivity contribution in [2.45, 2.75) is 11.3 Å². The fraction of sp³-hybridized carbons (Fsp3) is 0.0952. The van der Waals surface area contributed by atoms with Crippen LogP contribution in [0, 0.1) is 0 Å². The smallest absolute Gasteiger partial charge is 0.261 e. The van der Waals surface area contributed by atoms with Crippen LogP contribution in [0.3, 0.4) is 0 Å². The van der Waals surface area contributed by atoms with E-state index in [0.717, 1.165) is 16.9 Å². The van der Waals surface area contributed by atoms with Crippen molar-refractivity contribution >= 4 is 32.7 Å². The molecule has 2 heterocycles. The molecule has 0 atom stereocenters. The summed E-state index contributed by atoms with van der Waals surface area (Å²) in [6, 6.07) is 17.1. The highest BCUT2D eigenvalue weighted by Crippen LogP contribution is 2.16. The molecule has 2 aromatic heterocycles. The van der Waals surface area contributed by atoms with Gasteiger partial charge in [0.2, 0.25) is 0 Å². The number of para-hydroxylation sites is 2. The number of rotatable bonds is 7. The summed E-state index contributed by atoms with van der Waals surface area (Å²) >= 11 is 0. The first-order chi connectivity index (χ1) is 14.5. The molecule has 0 spiro atoms. The van der Waals surface area contributed by atoms with Gasteiger partial charge in [0.15, 0.2) is 0 Å². The van der Waals surface area contributed by atoms with Crippen LogP contribution < -0.4 is 10.0 Å². The molecule has 0 aliphatic carbocycles. The Hall–Kier alpha value is -3.72. The van der Waals surface area contributed by atoms with Crippen molar-refractivity contribution in [2.24, 2.45) is 0 Å². The molecule has 0 aliphatic rings. The second kappa shape index (κ2) is 8.34. The van der Waals surface area contributed by atoms with Crippen molar-refractivity contribution in [1.82, 2.24) is 20.3 Å². The zero-order valence-corrected chi connectivity index (χ0v) is 16.7. The van der Waals surface area contributed by atoms with Gasteiger partial charge in [-0.25, -0.2) is 13.4 Å². The number of hydrogen-bond acceptors (Lipinski definition) is 5. The summed E-state index contributed by atoms with van der Waals surface area (Å²) in [5.74, 6) is 0.429. The third kappa shape index (κ3) is 4.47. The number of nitrogens with one attached hydrogen (secondary N) is 3. The van der Waals surface area contributed by atoms with Gasteiger partial charge in [0, 0.05) is 19.2 Å². The van der Waals surface area contributed by atoms with Crippen LogP contribution in [-0.4, -0.2) is 35.8 Å². The Bertz CT molecular complexity index is 1250. The predicted octanol–water partition coefficient (Wildman–Crippen LogP) is 2.73. The van der Waals surface area contributed by atoms with Crippen LogP contribution in [0.2, 0.25) is 0 Å². The van der Waals surface area contributed by atoms with E-state index < -0.39 is 10.0 Å². The van der Waals surface area contributed by atoms with Crippen molar-refractivity contribution in [1.29, 1.82) is 0 Å². The number of pyridine rings is 1. The first-order valence-electron chi connectivity index (χ1n) is 9.26. The standard InChI is InChI=1S/C21H19N5O3S/c27-21(23-11-10-20-24-18-8-4-5-9-19(18)25-20)15-12-16(14-22-13-15)26-30(28,29)17-6-2-1-3-7-17/h1-9,12-14,26H,10-11H2,(H,23,27)(H,24,25). The lowest BCUT2D eigenvalue weighted by atomic mass is 10.2. The van der Waals surface area contributed by atoms with Gasteiger partial charge in [-0.3, -0.25) is 14.5 Å². The van der Waals surface area contributed by atoms with Crippen molar-refractivity contribution < 1.29 is 13.2 Å². The Morgan fingerprint density at radius 1 is 1.00 bits per heavy atom. The summed E-state index contributed by atoms with van der Waals surface area (Å²) in [7, 11) is -3.76. The van der Waals surface area contributed by atoms with Crippen molar-refractivity contribution in [2.75, 3.05) is 11.3 Å². The van der Waals surface area contributed by atoms with Crippen LogP contribution in [0.25, 0.3) is 11.0 Å². The summed E-state index contributed by atoms with van der Waals surface area (Å²) in [5.41, 5.74) is 2.29. The van der Waals surface area contributed by atoms with Gasteiger partial charge >= 0.3 is 0 Å². The lowest BCUT2D eigenvalue weighted by Gasteiger charge is -2.09. The van der Waals surface area contributed by atoms with Gasteiger partial charge < -0.3 is 10.3 Å². The average molecular weight is 421 g/mol. The van der Waals surface area contributed by atoms with Crippen molar-refractivity contribution in [3.8, 4) is 0 Å². The SMILES string of the molecule is O=C(NCCc1nc2ccccc2[nH]1)c1cncc(NS(=O)(=O)c2ccccc2)c1. The van der Waals surface area contributed by atoms with Crippen LogP contribution >= 0.6 is 0 Å². The number of amides is 1. The molecule has 0 fully saturated rings. The van der Waals surface area contributed by atoms with Gasteiger partial charge in [0.25, 0.3) is 15.9 Å². The third-order valence-electron chi connectivity index (χ3n) is 4.39. The molecule has 1 amide bonds. The lowest BCUT2D eigenvalue weighted by molar-refractivity contribution is 0.0953. The Morgan fingerprint density at radius 2 is 1.77 bits per heavy atom. The van der Waals surface area contributed by atoms with E-state index >= 15 is 0 Å². The summed E-state index contributed by atoms with van der Waals surface area (Å²) in [6.45, 7) is 0.374. The van der Waals surface area contributed by atoms with Crippen molar-refractivity contribution in [3.63, 3.8) is 0 Å². The molecule has 0 unspecified atom stereocenters. The van der Waals surface area contributed by atoms with Gasteiger partial charge in [-0.1, -0.05) is 30.3 Å². The number of anilines is 1. The third-order valence-corrected chi connectivity index (χ3v) is 5.79. The Labute approximate surface area is 173 Å². The topological polar surface area (TPSA) is 117 Å². The quantitative estimate of drug-likeness (QED) is 0.424. The number of imidazole rings is 1. The predicted molar refractivity (Wildman–Crippen MR) is 114 cm³/mol. The monoisotopic (exact) mass is 421 g/mol. The highest BCUT2D eigenvalue weighted by atomic mass is 32.2. The van der Waals surface area contributed by atoms with Gasteiger partial charge in [-0.05, 0) is 30.3 Å². The van der Waals surface area contributed by atoms with E-state index in [-0.39, 0.29) is 22.1 Å². The number of fused-ring (bicyclic) bond motifs is 1. The van der Waals surface area contributed by atoms with Gasteiger partial charge in [-0.15, -0.1) is 0 Å². The minimum Gasteiger partial charge on any atom is -0.352 e. The largest absolute Gasteiger partial charge is 0.352 e. The first kappa shape index (κ1) is 19.6. The van der Waals surface area contributed by atoms with Crippen LogP contribution in [-0.2, 0) is 16.4 Å². The number of benzene rings is 2. The van der Waals surface area contributed by atoms with Crippen LogP contribution in [0.1, 0.15) is 16.2 Å². The second-order valence-electron chi connectivity index (χ2n) is 6.59. The first-order valence-corrected chi connectivity index (χ1v) is 10.7. The molecule has 4 aromatic rings. The van der Waals surface area contributed by atoms with E-state index in [4.69, 9.17) is 0 Å². The van der Waals surface area contributed by atoms with E-state index in [2.05, 4.69) is 25.0 Å². The number of sulfonamides is 1. The molecule has 4 rings (SSSR count). The lowest BCUT2D eigenvalue weighted by Crippen LogP contribution is -2.26. The summed E-state index contributed by atoms with van der Waals surface area (Å²) in [6.07, 6.45) is 3.27. The number of nitrogens with zero attached hydrogens (tertiary/aromatic N) is 2. The van der Waals surface area contributed by atoms with E-state index in [1.165, 1.54) is 30.6 Å². The molecule has 152 valence electrons. The van der Waals surface area contributed by atoms with Crippen LogP contribution in [0.4, 0.5) is 5.69 Å². The number of aromatic nitrogens is 3. The Kier molecular flexibility index (Phi) is 5.44. The van der Waals surface area contributed by atoms with E-state index in [1.807, 2.05) is 24.3 Å². The number of carbonyl (C=O) groups excluding carboxylic acids is 1. The van der Waals surface area contributed by atoms with E-state index in [1.54, 1.807) is 18.2 Å². The molecule has 3 N–H and O–H groups in total. The highest BCUT2D eigenvalue weighted by molar-refractivity contribution is 7.92. The number of H-pyrrole nitrogens is 1. The second-order valence-corrected chi connectivity index (χ2v) is 8.27.